The molecule has 3 aromatic rings. The molecule has 2 amide bonds. The Kier molecular flexibility index (Phi) is 3.84. The Morgan fingerprint density at radius 2 is 2.12 bits per heavy atom. The van der Waals surface area contributed by atoms with E-state index in [2.05, 4.69) is 15.6 Å². The van der Waals surface area contributed by atoms with Gasteiger partial charge in [0, 0.05) is 12.6 Å². The summed E-state index contributed by atoms with van der Waals surface area (Å²) in [5, 5.41) is 5.97. The highest BCUT2D eigenvalue weighted by atomic mass is 16.3. The standard InChI is InChI=1S/C19H18N4O3/c1-11(20-13-7-8-17-15(9-13)21-12(2)26-17)19(25)23-10-18(24)22-14-5-3-4-6-16(14)23/h3-9,11,20H,10H2,1-2H3,(H,22,24)/t11-/m1/s1. The zero-order chi connectivity index (χ0) is 18.3. The Morgan fingerprint density at radius 1 is 1.31 bits per heavy atom. The van der Waals surface area contributed by atoms with E-state index in [0.717, 1.165) is 11.2 Å². The molecule has 26 heavy (non-hydrogen) atoms. The van der Waals surface area contributed by atoms with E-state index in [1.807, 2.05) is 36.4 Å². The van der Waals surface area contributed by atoms with Gasteiger partial charge in [0.2, 0.25) is 11.8 Å². The van der Waals surface area contributed by atoms with E-state index in [1.54, 1.807) is 19.9 Å². The van der Waals surface area contributed by atoms with Crippen LogP contribution in [0.4, 0.5) is 17.1 Å². The second-order valence-corrected chi connectivity index (χ2v) is 6.27. The lowest BCUT2D eigenvalue weighted by atomic mass is 10.1. The number of carbonyl (C=O) groups excluding carboxylic acids is 2. The van der Waals surface area contributed by atoms with E-state index in [-0.39, 0.29) is 18.4 Å². The van der Waals surface area contributed by atoms with Gasteiger partial charge in [-0.25, -0.2) is 4.98 Å². The normalized spacial score (nSPS) is 14.7. The zero-order valence-electron chi connectivity index (χ0n) is 14.4. The molecule has 0 saturated heterocycles. The van der Waals surface area contributed by atoms with Crippen LogP contribution in [0, 0.1) is 6.92 Å². The Bertz CT molecular complexity index is 1010. The fourth-order valence-corrected chi connectivity index (χ4v) is 3.11. The van der Waals surface area contributed by atoms with Crippen molar-refractivity contribution in [1.29, 1.82) is 0 Å². The lowest BCUT2D eigenvalue weighted by molar-refractivity contribution is -0.122. The molecule has 1 atom stereocenters. The average molecular weight is 350 g/mol. The minimum atomic E-state index is -0.514. The highest BCUT2D eigenvalue weighted by Gasteiger charge is 2.29. The van der Waals surface area contributed by atoms with Gasteiger partial charge in [0.1, 0.15) is 18.1 Å². The molecule has 1 aliphatic heterocycles. The first-order chi connectivity index (χ1) is 12.5. The number of anilines is 3. The summed E-state index contributed by atoms with van der Waals surface area (Å²) in [6.45, 7) is 3.57. The van der Waals surface area contributed by atoms with Crippen molar-refractivity contribution in [3.63, 3.8) is 0 Å². The molecule has 0 bridgehead atoms. The van der Waals surface area contributed by atoms with Crippen molar-refractivity contribution in [2.75, 3.05) is 22.1 Å². The van der Waals surface area contributed by atoms with Gasteiger partial charge in [-0.05, 0) is 37.3 Å². The first kappa shape index (κ1) is 16.1. The fourth-order valence-electron chi connectivity index (χ4n) is 3.11. The van der Waals surface area contributed by atoms with Gasteiger partial charge in [-0.15, -0.1) is 0 Å². The molecular formula is C19H18N4O3. The van der Waals surface area contributed by atoms with Crippen molar-refractivity contribution in [2.45, 2.75) is 19.9 Å². The molecule has 2 heterocycles. The topological polar surface area (TPSA) is 87.5 Å². The largest absolute Gasteiger partial charge is 0.441 e. The highest BCUT2D eigenvalue weighted by Crippen LogP contribution is 2.29. The summed E-state index contributed by atoms with van der Waals surface area (Å²) < 4.78 is 5.46. The molecule has 1 aromatic heterocycles. The second-order valence-electron chi connectivity index (χ2n) is 6.27. The summed E-state index contributed by atoms with van der Waals surface area (Å²) in [4.78, 5) is 30.7. The number of carbonyl (C=O) groups is 2. The minimum Gasteiger partial charge on any atom is -0.441 e. The number of fused-ring (bicyclic) bond motifs is 2. The SMILES string of the molecule is Cc1nc2cc(N[C@H](C)C(=O)N3CC(=O)Nc4ccccc43)ccc2o1. The highest BCUT2D eigenvalue weighted by molar-refractivity contribution is 6.11. The quantitative estimate of drug-likeness (QED) is 0.758. The summed E-state index contributed by atoms with van der Waals surface area (Å²) in [5.74, 6) is 0.213. The monoisotopic (exact) mass is 350 g/mol. The third-order valence-electron chi connectivity index (χ3n) is 4.28. The smallest absolute Gasteiger partial charge is 0.249 e. The predicted molar refractivity (Wildman–Crippen MR) is 99.3 cm³/mol. The molecular weight excluding hydrogens is 332 g/mol. The Balaban J connectivity index is 1.56. The van der Waals surface area contributed by atoms with Crippen LogP contribution in [0.25, 0.3) is 11.1 Å². The number of hydrogen-bond acceptors (Lipinski definition) is 5. The maximum Gasteiger partial charge on any atom is 0.249 e. The Morgan fingerprint density at radius 3 is 2.96 bits per heavy atom. The number of hydrogen-bond donors (Lipinski definition) is 2. The van der Waals surface area contributed by atoms with Gasteiger partial charge in [-0.1, -0.05) is 12.1 Å². The van der Waals surface area contributed by atoms with E-state index < -0.39 is 6.04 Å². The maximum atomic E-state index is 12.9. The molecule has 0 aliphatic carbocycles. The molecule has 7 nitrogen and oxygen atoms in total. The number of benzene rings is 2. The van der Waals surface area contributed by atoms with Crippen LogP contribution in [0.5, 0.6) is 0 Å². The molecule has 132 valence electrons. The molecule has 2 aromatic carbocycles. The summed E-state index contributed by atoms with van der Waals surface area (Å²) in [6.07, 6.45) is 0. The number of rotatable bonds is 3. The number of oxazole rings is 1. The van der Waals surface area contributed by atoms with E-state index in [4.69, 9.17) is 4.42 Å². The molecule has 2 N–H and O–H groups in total. The van der Waals surface area contributed by atoms with Crippen LogP contribution in [0.3, 0.4) is 0 Å². The molecule has 0 fully saturated rings. The molecule has 7 heteroatoms. The van der Waals surface area contributed by atoms with Crippen molar-refractivity contribution < 1.29 is 14.0 Å². The van der Waals surface area contributed by atoms with Gasteiger partial charge < -0.3 is 15.1 Å². The number of nitrogens with one attached hydrogen (secondary N) is 2. The van der Waals surface area contributed by atoms with Crippen LogP contribution in [0.1, 0.15) is 12.8 Å². The maximum absolute atomic E-state index is 12.9. The first-order valence-corrected chi connectivity index (χ1v) is 8.35. The van der Waals surface area contributed by atoms with E-state index >= 15 is 0 Å². The van der Waals surface area contributed by atoms with Crippen LogP contribution >= 0.6 is 0 Å². The summed E-state index contributed by atoms with van der Waals surface area (Å²) >= 11 is 0. The number of aryl methyl sites for hydroxylation is 1. The molecule has 1 aliphatic rings. The molecule has 0 spiro atoms. The van der Waals surface area contributed by atoms with E-state index in [1.165, 1.54) is 4.90 Å². The van der Waals surface area contributed by atoms with Gasteiger partial charge in [0.15, 0.2) is 11.5 Å². The predicted octanol–water partition coefficient (Wildman–Crippen LogP) is 2.92. The van der Waals surface area contributed by atoms with Crippen LogP contribution in [-0.2, 0) is 9.59 Å². The van der Waals surface area contributed by atoms with Crippen molar-refractivity contribution in [1.82, 2.24) is 4.98 Å². The van der Waals surface area contributed by atoms with Crippen molar-refractivity contribution in [2.24, 2.45) is 0 Å². The van der Waals surface area contributed by atoms with Crippen LogP contribution in [-0.4, -0.2) is 29.4 Å². The fraction of sp³-hybridized carbons (Fsp3) is 0.211. The van der Waals surface area contributed by atoms with Gasteiger partial charge in [-0.2, -0.15) is 0 Å². The summed E-state index contributed by atoms with van der Waals surface area (Å²) in [6, 6.07) is 12.3. The molecule has 4 rings (SSSR count). The summed E-state index contributed by atoms with van der Waals surface area (Å²) in [7, 11) is 0. The summed E-state index contributed by atoms with van der Waals surface area (Å²) in [5.41, 5.74) is 3.54. The molecule has 0 unspecified atom stereocenters. The second kappa shape index (κ2) is 6.18. The van der Waals surface area contributed by atoms with Crippen LogP contribution in [0.15, 0.2) is 46.9 Å². The number of para-hydroxylation sites is 2. The Hall–Kier alpha value is -3.35. The molecule has 0 radical (unpaired) electrons. The number of aromatic nitrogens is 1. The Labute approximate surface area is 150 Å². The van der Waals surface area contributed by atoms with Gasteiger partial charge >= 0.3 is 0 Å². The van der Waals surface area contributed by atoms with Crippen molar-refractivity contribution in [3.8, 4) is 0 Å². The number of amides is 2. The third-order valence-corrected chi connectivity index (χ3v) is 4.28. The van der Waals surface area contributed by atoms with E-state index in [9.17, 15) is 9.59 Å². The average Bonchev–Trinajstić information content (AvgIpc) is 2.99. The van der Waals surface area contributed by atoms with Gasteiger partial charge in [0.05, 0.1) is 11.4 Å². The lowest BCUT2D eigenvalue weighted by Gasteiger charge is -2.31. The number of nitrogens with zero attached hydrogens (tertiary/aromatic N) is 2. The van der Waals surface area contributed by atoms with E-state index in [0.29, 0.717) is 22.8 Å². The first-order valence-electron chi connectivity index (χ1n) is 8.35. The van der Waals surface area contributed by atoms with Gasteiger partial charge in [-0.3, -0.25) is 14.5 Å². The van der Waals surface area contributed by atoms with Crippen LogP contribution in [0.2, 0.25) is 0 Å². The van der Waals surface area contributed by atoms with Crippen molar-refractivity contribution >= 4 is 40.0 Å². The van der Waals surface area contributed by atoms with Crippen molar-refractivity contribution in [3.05, 3.63) is 48.4 Å². The van der Waals surface area contributed by atoms with Gasteiger partial charge in [0.25, 0.3) is 0 Å². The zero-order valence-corrected chi connectivity index (χ0v) is 14.4. The lowest BCUT2D eigenvalue weighted by Crippen LogP contribution is -2.47. The third kappa shape index (κ3) is 2.88. The molecule has 0 saturated carbocycles. The minimum absolute atomic E-state index is 0.00336. The van der Waals surface area contributed by atoms with Crippen LogP contribution < -0.4 is 15.5 Å².